The van der Waals surface area contributed by atoms with Gasteiger partial charge in [-0.05, 0) is 38.6 Å². The van der Waals surface area contributed by atoms with Crippen LogP contribution in [0.4, 0.5) is 5.82 Å². The van der Waals surface area contributed by atoms with E-state index in [0.717, 1.165) is 41.4 Å². The van der Waals surface area contributed by atoms with Gasteiger partial charge < -0.3 is 5.32 Å². The van der Waals surface area contributed by atoms with E-state index in [1.165, 1.54) is 5.56 Å². The van der Waals surface area contributed by atoms with E-state index in [-0.39, 0.29) is 0 Å². The summed E-state index contributed by atoms with van der Waals surface area (Å²) in [5.74, 6) is 1.75. The Morgan fingerprint density at radius 3 is 2.71 bits per heavy atom. The van der Waals surface area contributed by atoms with Gasteiger partial charge in [0.15, 0.2) is 0 Å². The van der Waals surface area contributed by atoms with Crippen molar-refractivity contribution in [3.8, 4) is 0 Å². The molecule has 1 heterocycles. The molecule has 0 saturated heterocycles. The van der Waals surface area contributed by atoms with Gasteiger partial charge >= 0.3 is 0 Å². The molecule has 1 aromatic heterocycles. The van der Waals surface area contributed by atoms with Crippen LogP contribution in [-0.2, 0) is 13.1 Å². The predicted octanol–water partition coefficient (Wildman–Crippen LogP) is 3.61. The van der Waals surface area contributed by atoms with Gasteiger partial charge in [-0.15, -0.1) is 0 Å². The molecule has 5 heteroatoms. The first-order valence-electron chi connectivity index (χ1n) is 7.08. The predicted molar refractivity (Wildman–Crippen MR) is 90.2 cm³/mol. The number of aryl methyl sites for hydroxylation is 1. The fraction of sp³-hybridized carbons (Fsp3) is 0.375. The van der Waals surface area contributed by atoms with E-state index in [9.17, 15) is 0 Å². The number of nitrogens with zero attached hydrogens (tertiary/aromatic N) is 3. The number of hydrogen-bond donors (Lipinski definition) is 1. The van der Waals surface area contributed by atoms with Gasteiger partial charge in [-0.2, -0.15) is 0 Å². The number of benzene rings is 1. The van der Waals surface area contributed by atoms with Crippen LogP contribution in [0.25, 0.3) is 0 Å². The van der Waals surface area contributed by atoms with Crippen LogP contribution >= 0.6 is 15.9 Å². The molecule has 112 valence electrons. The molecule has 4 nitrogen and oxygen atoms in total. The average molecular weight is 349 g/mol. The van der Waals surface area contributed by atoms with Crippen LogP contribution in [0.5, 0.6) is 0 Å². The van der Waals surface area contributed by atoms with E-state index < -0.39 is 0 Å². The van der Waals surface area contributed by atoms with Gasteiger partial charge in [0.2, 0.25) is 0 Å². The maximum absolute atomic E-state index is 4.55. The zero-order chi connectivity index (χ0) is 15.2. The van der Waals surface area contributed by atoms with Gasteiger partial charge in [0, 0.05) is 29.3 Å². The highest BCUT2D eigenvalue weighted by Gasteiger charge is 2.07. The standard InChI is InChI=1S/C16H21BrN4/c1-4-18-15-8-12(2)19-16(20-15)11-21(3)10-13-6-5-7-14(17)9-13/h5-9H,4,10-11H2,1-3H3,(H,18,19,20). The van der Waals surface area contributed by atoms with Crippen LogP contribution < -0.4 is 5.32 Å². The molecule has 0 radical (unpaired) electrons. The fourth-order valence-electron chi connectivity index (χ4n) is 2.22. The lowest BCUT2D eigenvalue weighted by molar-refractivity contribution is 0.310. The Hall–Kier alpha value is -1.46. The lowest BCUT2D eigenvalue weighted by Crippen LogP contribution is -2.19. The maximum Gasteiger partial charge on any atom is 0.144 e. The summed E-state index contributed by atoms with van der Waals surface area (Å²) in [6.45, 7) is 6.53. The van der Waals surface area contributed by atoms with Crippen LogP contribution in [0.1, 0.15) is 24.0 Å². The number of hydrogen-bond acceptors (Lipinski definition) is 4. The second kappa shape index (κ2) is 7.52. The number of anilines is 1. The minimum atomic E-state index is 0.729. The van der Waals surface area contributed by atoms with Crippen LogP contribution in [0, 0.1) is 6.92 Å². The summed E-state index contributed by atoms with van der Waals surface area (Å²) in [6, 6.07) is 10.3. The second-order valence-corrected chi connectivity index (χ2v) is 6.06. The Balaban J connectivity index is 2.03. The average Bonchev–Trinajstić information content (AvgIpc) is 2.37. The van der Waals surface area contributed by atoms with Gasteiger partial charge in [-0.1, -0.05) is 28.1 Å². The third-order valence-electron chi connectivity index (χ3n) is 3.01. The summed E-state index contributed by atoms with van der Waals surface area (Å²) in [6.07, 6.45) is 0. The molecular weight excluding hydrogens is 328 g/mol. The Morgan fingerprint density at radius 1 is 1.19 bits per heavy atom. The minimum Gasteiger partial charge on any atom is -0.370 e. The molecule has 0 atom stereocenters. The van der Waals surface area contributed by atoms with Crippen LogP contribution in [0.15, 0.2) is 34.8 Å². The van der Waals surface area contributed by atoms with Crippen molar-refractivity contribution in [3.05, 3.63) is 51.9 Å². The Labute approximate surface area is 134 Å². The molecule has 2 rings (SSSR count). The summed E-state index contributed by atoms with van der Waals surface area (Å²) >= 11 is 3.50. The summed E-state index contributed by atoms with van der Waals surface area (Å²) in [5, 5.41) is 3.24. The van der Waals surface area contributed by atoms with Crippen LogP contribution in [0.3, 0.4) is 0 Å². The third kappa shape index (κ3) is 5.10. The molecule has 0 aliphatic rings. The maximum atomic E-state index is 4.55. The number of aromatic nitrogens is 2. The lowest BCUT2D eigenvalue weighted by Gasteiger charge is -2.16. The quantitative estimate of drug-likeness (QED) is 0.865. The highest BCUT2D eigenvalue weighted by molar-refractivity contribution is 9.10. The van der Waals surface area contributed by atoms with Gasteiger partial charge in [0.05, 0.1) is 6.54 Å². The van der Waals surface area contributed by atoms with Crippen molar-refractivity contribution in [2.45, 2.75) is 26.9 Å². The highest BCUT2D eigenvalue weighted by Crippen LogP contribution is 2.14. The number of rotatable bonds is 6. The first-order chi connectivity index (χ1) is 10.1. The zero-order valence-corrected chi connectivity index (χ0v) is 14.3. The van der Waals surface area contributed by atoms with Crippen molar-refractivity contribution in [3.63, 3.8) is 0 Å². The molecule has 0 bridgehead atoms. The summed E-state index contributed by atoms with van der Waals surface area (Å²) in [7, 11) is 2.08. The van der Waals surface area contributed by atoms with E-state index in [0.29, 0.717) is 0 Å². The van der Waals surface area contributed by atoms with Gasteiger partial charge in [-0.3, -0.25) is 4.90 Å². The highest BCUT2D eigenvalue weighted by atomic mass is 79.9. The molecule has 2 aromatic rings. The molecule has 0 spiro atoms. The molecule has 0 aliphatic carbocycles. The van der Waals surface area contributed by atoms with Crippen molar-refractivity contribution < 1.29 is 0 Å². The van der Waals surface area contributed by atoms with Gasteiger partial charge in [-0.25, -0.2) is 9.97 Å². The zero-order valence-electron chi connectivity index (χ0n) is 12.7. The van der Waals surface area contributed by atoms with Crippen LogP contribution in [0.2, 0.25) is 0 Å². The van der Waals surface area contributed by atoms with E-state index >= 15 is 0 Å². The SMILES string of the molecule is CCNc1cc(C)nc(CN(C)Cc2cccc(Br)c2)n1. The molecule has 0 aliphatic heterocycles. The Kier molecular flexibility index (Phi) is 5.70. The Bertz CT molecular complexity index is 601. The molecule has 1 aromatic carbocycles. The van der Waals surface area contributed by atoms with Gasteiger partial charge in [0.1, 0.15) is 11.6 Å². The van der Waals surface area contributed by atoms with E-state index in [2.05, 4.69) is 68.3 Å². The largest absolute Gasteiger partial charge is 0.370 e. The summed E-state index contributed by atoms with van der Waals surface area (Å²) < 4.78 is 1.11. The first-order valence-corrected chi connectivity index (χ1v) is 7.87. The Morgan fingerprint density at radius 2 is 2.00 bits per heavy atom. The van der Waals surface area contributed by atoms with Crippen molar-refractivity contribution in [1.29, 1.82) is 0 Å². The molecule has 0 amide bonds. The first kappa shape index (κ1) is 15.9. The fourth-order valence-corrected chi connectivity index (χ4v) is 2.66. The minimum absolute atomic E-state index is 0.729. The molecule has 0 fully saturated rings. The van der Waals surface area contributed by atoms with Crippen molar-refractivity contribution in [2.75, 3.05) is 18.9 Å². The molecular formula is C16H21BrN4. The lowest BCUT2D eigenvalue weighted by atomic mass is 10.2. The molecule has 21 heavy (non-hydrogen) atoms. The number of halogens is 1. The normalized spacial score (nSPS) is 10.9. The van der Waals surface area contributed by atoms with Crippen molar-refractivity contribution >= 4 is 21.7 Å². The third-order valence-corrected chi connectivity index (χ3v) is 3.50. The van der Waals surface area contributed by atoms with E-state index in [4.69, 9.17) is 0 Å². The van der Waals surface area contributed by atoms with Crippen molar-refractivity contribution in [1.82, 2.24) is 14.9 Å². The van der Waals surface area contributed by atoms with Gasteiger partial charge in [0.25, 0.3) is 0 Å². The second-order valence-electron chi connectivity index (χ2n) is 5.14. The monoisotopic (exact) mass is 348 g/mol. The van der Waals surface area contributed by atoms with E-state index in [1.54, 1.807) is 0 Å². The summed E-state index contributed by atoms with van der Waals surface area (Å²) in [4.78, 5) is 11.3. The molecule has 1 N–H and O–H groups in total. The number of nitrogens with one attached hydrogen (secondary N) is 1. The topological polar surface area (TPSA) is 41.1 Å². The molecule has 0 saturated carbocycles. The van der Waals surface area contributed by atoms with Crippen molar-refractivity contribution in [2.24, 2.45) is 0 Å². The van der Waals surface area contributed by atoms with E-state index in [1.807, 2.05) is 19.1 Å². The smallest absolute Gasteiger partial charge is 0.144 e. The summed E-state index contributed by atoms with van der Waals surface area (Å²) in [5.41, 5.74) is 2.26. The van der Waals surface area contributed by atoms with Crippen LogP contribution in [-0.4, -0.2) is 28.5 Å². The molecule has 0 unspecified atom stereocenters.